The van der Waals surface area contributed by atoms with Crippen LogP contribution >= 0.6 is 11.3 Å². The second kappa shape index (κ2) is 25.1. The van der Waals surface area contributed by atoms with Crippen LogP contribution in [0.2, 0.25) is 0 Å². The number of likely N-dealkylation sites (tertiary alicyclic amines) is 1. The summed E-state index contributed by atoms with van der Waals surface area (Å²) < 4.78 is 6.37. The molecule has 0 unspecified atom stereocenters. The van der Waals surface area contributed by atoms with Gasteiger partial charge in [-0.1, -0.05) is 57.2 Å². The Morgan fingerprint density at radius 1 is 0.846 bits per heavy atom. The van der Waals surface area contributed by atoms with Crippen molar-refractivity contribution in [2.24, 2.45) is 5.41 Å². The Balaban J connectivity index is 0.769. The normalized spacial score (nSPS) is 15.0. The van der Waals surface area contributed by atoms with Crippen molar-refractivity contribution >= 4 is 80.6 Å². The number of fused-ring (bicyclic) bond motifs is 1. The van der Waals surface area contributed by atoms with Gasteiger partial charge in [0.25, 0.3) is 5.91 Å². The highest BCUT2D eigenvalue weighted by Gasteiger charge is 2.44. The molecule has 0 radical (unpaired) electrons. The average Bonchev–Trinajstić information content (AvgIpc) is 4.15. The molecule has 1 fully saturated rings. The van der Waals surface area contributed by atoms with E-state index >= 15 is 0 Å². The van der Waals surface area contributed by atoms with Gasteiger partial charge in [0.05, 0.1) is 40.5 Å². The fourth-order valence-electron chi connectivity index (χ4n) is 9.26. The molecule has 3 aromatic heterocycles. The summed E-state index contributed by atoms with van der Waals surface area (Å²) >= 11 is 1.51. The number of unbranched alkanes of at least 4 members (excludes halogenated alkanes) is 2. The topological polar surface area (TPSA) is 262 Å². The number of para-hydroxylation sites is 1. The van der Waals surface area contributed by atoms with Gasteiger partial charge < -0.3 is 51.6 Å². The summed E-state index contributed by atoms with van der Waals surface area (Å²) in [6.45, 7) is 11.2. The number of aliphatic hydroxyl groups is 1. The van der Waals surface area contributed by atoms with Crippen molar-refractivity contribution < 1.29 is 38.6 Å². The number of aryl methyl sites for hydroxylation is 1. The number of anilines is 4. The van der Waals surface area contributed by atoms with E-state index in [1.54, 1.807) is 41.9 Å². The largest absolute Gasteiger partial charge is 0.493 e. The molecule has 19 nitrogen and oxygen atoms in total. The van der Waals surface area contributed by atoms with Crippen LogP contribution in [0.15, 0.2) is 115 Å². The molecule has 78 heavy (non-hydrogen) atoms. The lowest BCUT2D eigenvalue weighted by molar-refractivity contribution is -0.144. The number of β-amino-alcohol motifs (C(OH)–C–C–N with tert-alkyl or cyclic N) is 1. The Kier molecular flexibility index (Phi) is 17.9. The second-order valence-electron chi connectivity index (χ2n) is 20.4. The number of hydrogen-bond acceptors (Lipinski definition) is 13. The molecule has 4 aromatic carbocycles. The van der Waals surface area contributed by atoms with E-state index in [9.17, 15) is 33.9 Å². The van der Waals surface area contributed by atoms with Crippen molar-refractivity contribution in [2.75, 3.05) is 35.6 Å². The van der Waals surface area contributed by atoms with Gasteiger partial charge in [-0.2, -0.15) is 0 Å². The molecule has 8 rings (SSSR count). The number of benzene rings is 4. The van der Waals surface area contributed by atoms with Crippen molar-refractivity contribution in [2.45, 2.75) is 97.9 Å². The van der Waals surface area contributed by atoms with Crippen LogP contribution in [0.4, 0.5) is 22.9 Å². The third-order valence-electron chi connectivity index (χ3n) is 13.2. The molecule has 20 heteroatoms. The SMILES string of the molecule is CC(=O)N[C@H](C(=O)N1C[C@H](O)C[C@H]1C(=O)N[C@@H](C)c1ccc(-c2scnc2C)cc1OCCCCCNC(=O)CC(=O)Nc1ccc(C(=O)Nc2cccc(Nc3cc(-c4c[nH]c5ccccc45)ncn3)c2)cc1)C(C)(C)C. The summed E-state index contributed by atoms with van der Waals surface area (Å²) in [7, 11) is 0. The van der Waals surface area contributed by atoms with Crippen molar-refractivity contribution in [1.82, 2.24) is 40.8 Å². The Morgan fingerprint density at radius 3 is 2.38 bits per heavy atom. The highest BCUT2D eigenvalue weighted by atomic mass is 32.1. The minimum atomic E-state index is -0.947. The molecular weight excluding hydrogens is 1010 g/mol. The van der Waals surface area contributed by atoms with Crippen LogP contribution in [0.3, 0.4) is 0 Å². The van der Waals surface area contributed by atoms with E-state index in [0.717, 1.165) is 38.3 Å². The van der Waals surface area contributed by atoms with Crippen LogP contribution in [-0.4, -0.2) is 103 Å². The first-order valence-electron chi connectivity index (χ1n) is 25.9. The molecule has 1 aliphatic rings. The zero-order valence-corrected chi connectivity index (χ0v) is 45.3. The summed E-state index contributed by atoms with van der Waals surface area (Å²) in [6, 6.07) is 26.9. The van der Waals surface area contributed by atoms with Gasteiger partial charge in [0, 0.05) is 83.4 Å². The minimum absolute atomic E-state index is 0.0337. The maximum Gasteiger partial charge on any atom is 0.255 e. The number of H-pyrrole nitrogens is 1. The van der Waals surface area contributed by atoms with Gasteiger partial charge in [0.15, 0.2) is 0 Å². The van der Waals surface area contributed by atoms with Crippen molar-refractivity contribution in [3.8, 4) is 27.4 Å². The van der Waals surface area contributed by atoms with Gasteiger partial charge in [0.1, 0.15) is 36.4 Å². The number of thiazole rings is 1. The van der Waals surface area contributed by atoms with E-state index in [2.05, 4.69) is 51.8 Å². The average molecular weight is 1080 g/mol. The van der Waals surface area contributed by atoms with Crippen LogP contribution in [-0.2, 0) is 24.0 Å². The van der Waals surface area contributed by atoms with E-state index in [1.165, 1.54) is 29.5 Å². The highest BCUT2D eigenvalue weighted by Crippen LogP contribution is 2.36. The standard InChI is InChI=1S/C58H65N11O8S/c1-34(64-56(75)48-27-42(71)31-69(48)57(76)54(58(4,5)6)65-36(3)70)43-22-19-38(53-35(2)63-33-78-53)25-49(43)77-24-11-7-10-23-59-51(72)29-52(73)67-39-20-17-37(18-21-39)55(74)68-41-14-12-13-40(26-41)66-50-28-47(61-32-62-50)45-30-60-46-16-9-8-15-44(45)46/h8-9,12-22,25-26,28,30,32-34,42,48,54,60,71H,7,10-11,23-24,27,29,31H2,1-6H3,(H,59,72)(H,64,75)(H,65,70)(H,67,73)(H,68,74)(H,61,62,66)/t34-,42+,48-,54+/m0/s1. The van der Waals surface area contributed by atoms with Crippen LogP contribution in [0.1, 0.15) is 94.4 Å². The molecular formula is C58H65N11O8S. The smallest absolute Gasteiger partial charge is 0.255 e. The van der Waals surface area contributed by atoms with E-state index in [4.69, 9.17) is 4.74 Å². The summed E-state index contributed by atoms with van der Waals surface area (Å²) in [5.41, 5.74) is 8.42. The lowest BCUT2D eigenvalue weighted by Crippen LogP contribution is -2.57. The van der Waals surface area contributed by atoms with Crippen LogP contribution < -0.4 is 36.6 Å². The minimum Gasteiger partial charge on any atom is -0.493 e. The Hall–Kier alpha value is -8.49. The molecule has 0 spiro atoms. The Labute approximate surface area is 456 Å². The van der Waals surface area contributed by atoms with Crippen LogP contribution in [0, 0.1) is 12.3 Å². The molecule has 1 aliphatic heterocycles. The zero-order chi connectivity index (χ0) is 55.5. The molecule has 4 heterocycles. The first-order valence-corrected chi connectivity index (χ1v) is 26.7. The number of carbonyl (C=O) groups excluding carboxylic acids is 6. The quantitative estimate of drug-likeness (QED) is 0.0249. The first kappa shape index (κ1) is 55.7. The van der Waals surface area contributed by atoms with Gasteiger partial charge in [-0.25, -0.2) is 15.0 Å². The molecule has 4 atom stereocenters. The number of aromatic amines is 1. The number of hydrogen-bond donors (Lipinski definition) is 8. The number of nitrogens with one attached hydrogen (secondary N) is 7. The van der Waals surface area contributed by atoms with Crippen molar-refractivity contribution in [3.63, 3.8) is 0 Å². The first-order chi connectivity index (χ1) is 37.4. The molecule has 1 saturated heterocycles. The van der Waals surface area contributed by atoms with Gasteiger partial charge in [-0.05, 0) is 98.7 Å². The molecule has 0 bridgehead atoms. The van der Waals surface area contributed by atoms with Gasteiger partial charge in [-0.3, -0.25) is 28.8 Å². The number of aromatic nitrogens is 4. The number of nitrogens with zero attached hydrogens (tertiary/aromatic N) is 4. The fourth-order valence-corrected chi connectivity index (χ4v) is 10.1. The van der Waals surface area contributed by atoms with Crippen LogP contribution in [0.5, 0.6) is 5.75 Å². The van der Waals surface area contributed by atoms with Gasteiger partial charge in [0.2, 0.25) is 29.5 Å². The predicted molar refractivity (Wildman–Crippen MR) is 301 cm³/mol. The number of ether oxygens (including phenoxy) is 1. The third kappa shape index (κ3) is 14.3. The van der Waals surface area contributed by atoms with Gasteiger partial charge >= 0.3 is 0 Å². The van der Waals surface area contributed by atoms with E-state index in [1.807, 2.05) is 101 Å². The molecule has 0 saturated carbocycles. The lowest BCUT2D eigenvalue weighted by atomic mass is 9.85. The van der Waals surface area contributed by atoms with Gasteiger partial charge in [-0.15, -0.1) is 11.3 Å². The number of aliphatic hydroxyl groups excluding tert-OH is 1. The van der Waals surface area contributed by atoms with Crippen molar-refractivity contribution in [1.29, 1.82) is 0 Å². The highest BCUT2D eigenvalue weighted by molar-refractivity contribution is 7.13. The lowest BCUT2D eigenvalue weighted by Gasteiger charge is -2.35. The monoisotopic (exact) mass is 1080 g/mol. The van der Waals surface area contributed by atoms with Crippen LogP contribution in [0.25, 0.3) is 32.6 Å². The Morgan fingerprint density at radius 2 is 1.63 bits per heavy atom. The second-order valence-corrected chi connectivity index (χ2v) is 21.3. The summed E-state index contributed by atoms with van der Waals surface area (Å²) in [4.78, 5) is 97.3. The number of carbonyl (C=O) groups is 6. The maximum atomic E-state index is 13.9. The molecule has 406 valence electrons. The van der Waals surface area contributed by atoms with Crippen molar-refractivity contribution in [3.05, 3.63) is 132 Å². The maximum absolute atomic E-state index is 13.9. The van der Waals surface area contributed by atoms with E-state index in [0.29, 0.717) is 72.2 Å². The number of amides is 6. The summed E-state index contributed by atoms with van der Waals surface area (Å²) in [5.74, 6) is -1.37. The third-order valence-corrected chi connectivity index (χ3v) is 14.2. The summed E-state index contributed by atoms with van der Waals surface area (Å²) in [5, 5.41) is 29.2. The van der Waals surface area contributed by atoms with E-state index < -0.39 is 53.3 Å². The summed E-state index contributed by atoms with van der Waals surface area (Å²) in [6.07, 6.45) is 4.19. The molecule has 6 amide bonds. The zero-order valence-electron chi connectivity index (χ0n) is 44.4. The molecule has 8 N–H and O–H groups in total. The predicted octanol–water partition coefficient (Wildman–Crippen LogP) is 8.44. The molecule has 0 aliphatic carbocycles. The Bertz CT molecular complexity index is 3300. The fraction of sp³-hybridized carbons (Fsp3) is 0.328. The number of rotatable bonds is 21. The molecule has 7 aromatic rings. The van der Waals surface area contributed by atoms with E-state index in [-0.39, 0.29) is 31.2 Å².